The van der Waals surface area contributed by atoms with Crippen LogP contribution in [0.3, 0.4) is 0 Å². The first-order valence-electron chi connectivity index (χ1n) is 6.52. The van der Waals surface area contributed by atoms with Gasteiger partial charge in [-0.1, -0.05) is 25.1 Å². The van der Waals surface area contributed by atoms with Crippen molar-refractivity contribution in [2.75, 3.05) is 11.9 Å². The maximum Gasteiger partial charge on any atom is 0.397 e. The van der Waals surface area contributed by atoms with Crippen molar-refractivity contribution in [2.45, 2.75) is 38.9 Å². The van der Waals surface area contributed by atoms with E-state index in [1.165, 1.54) is 0 Å². The van der Waals surface area contributed by atoms with Crippen LogP contribution in [0.15, 0.2) is 24.3 Å². The second-order valence-corrected chi connectivity index (χ2v) is 4.60. The predicted octanol–water partition coefficient (Wildman–Crippen LogP) is 3.64. The molecule has 0 aliphatic rings. The summed E-state index contributed by atoms with van der Waals surface area (Å²) in [5.74, 6) is -1.05. The van der Waals surface area contributed by atoms with Gasteiger partial charge >= 0.3 is 6.18 Å². The Bertz CT molecular complexity index is 446. The standard InChI is InChI=1S/C14H19F3N2O/c1-3-8-18-10(2)11-6-4-5-7-12(11)19-13(20)9-14(15,16)17/h4-7,10,18H,3,8-9H2,1-2H3,(H,19,20). The van der Waals surface area contributed by atoms with Gasteiger partial charge in [0.25, 0.3) is 0 Å². The van der Waals surface area contributed by atoms with Crippen LogP contribution in [-0.4, -0.2) is 18.6 Å². The molecule has 1 rings (SSSR count). The van der Waals surface area contributed by atoms with Gasteiger partial charge < -0.3 is 10.6 Å². The summed E-state index contributed by atoms with van der Waals surface area (Å²) in [6.07, 6.45) is -5.02. The van der Waals surface area contributed by atoms with E-state index in [4.69, 9.17) is 0 Å². The third-order valence-electron chi connectivity index (χ3n) is 2.76. The van der Waals surface area contributed by atoms with Gasteiger partial charge in [0.05, 0.1) is 0 Å². The van der Waals surface area contributed by atoms with Crippen molar-refractivity contribution < 1.29 is 18.0 Å². The second-order valence-electron chi connectivity index (χ2n) is 4.60. The number of carbonyl (C=O) groups is 1. The molecule has 0 aromatic heterocycles. The maximum atomic E-state index is 12.2. The smallest absolute Gasteiger partial charge is 0.325 e. The summed E-state index contributed by atoms with van der Waals surface area (Å²) in [7, 11) is 0. The second kappa shape index (κ2) is 7.28. The van der Waals surface area contributed by atoms with Gasteiger partial charge in [-0.2, -0.15) is 13.2 Å². The molecule has 0 heterocycles. The summed E-state index contributed by atoms with van der Waals surface area (Å²) in [6.45, 7) is 4.73. The number of hydrogen-bond acceptors (Lipinski definition) is 2. The summed E-state index contributed by atoms with van der Waals surface area (Å²) in [5.41, 5.74) is 1.19. The fourth-order valence-corrected chi connectivity index (χ4v) is 1.84. The first kappa shape index (κ1) is 16.5. The van der Waals surface area contributed by atoms with Crippen molar-refractivity contribution >= 4 is 11.6 Å². The predicted molar refractivity (Wildman–Crippen MR) is 72.5 cm³/mol. The summed E-state index contributed by atoms with van der Waals surface area (Å²) in [4.78, 5) is 11.4. The Morgan fingerprint density at radius 3 is 2.55 bits per heavy atom. The lowest BCUT2D eigenvalue weighted by molar-refractivity contribution is -0.150. The molecular formula is C14H19F3N2O. The average molecular weight is 288 g/mol. The highest BCUT2D eigenvalue weighted by Gasteiger charge is 2.31. The largest absolute Gasteiger partial charge is 0.397 e. The molecule has 0 spiro atoms. The van der Waals surface area contributed by atoms with E-state index in [1.807, 2.05) is 13.8 Å². The molecule has 1 aromatic carbocycles. The van der Waals surface area contributed by atoms with Crippen LogP contribution in [0.2, 0.25) is 0 Å². The Morgan fingerprint density at radius 2 is 1.95 bits per heavy atom. The molecule has 0 fully saturated rings. The minimum Gasteiger partial charge on any atom is -0.325 e. The van der Waals surface area contributed by atoms with Gasteiger partial charge in [-0.15, -0.1) is 0 Å². The van der Waals surface area contributed by atoms with E-state index in [0.717, 1.165) is 18.5 Å². The quantitative estimate of drug-likeness (QED) is 0.839. The minimum absolute atomic E-state index is 0.0441. The molecule has 6 heteroatoms. The molecule has 1 aromatic rings. The van der Waals surface area contributed by atoms with Crippen LogP contribution in [0.5, 0.6) is 0 Å². The number of nitrogens with one attached hydrogen (secondary N) is 2. The van der Waals surface area contributed by atoms with Crippen molar-refractivity contribution in [3.63, 3.8) is 0 Å². The van der Waals surface area contributed by atoms with Crippen molar-refractivity contribution in [2.24, 2.45) is 0 Å². The number of rotatable bonds is 6. The Balaban J connectivity index is 2.77. The molecule has 0 saturated carbocycles. The highest BCUT2D eigenvalue weighted by atomic mass is 19.4. The normalized spacial score (nSPS) is 13.1. The van der Waals surface area contributed by atoms with Gasteiger partial charge in [-0.3, -0.25) is 4.79 Å². The number of carbonyl (C=O) groups excluding carboxylic acids is 1. The average Bonchev–Trinajstić information content (AvgIpc) is 2.34. The van der Waals surface area contributed by atoms with Gasteiger partial charge in [0.15, 0.2) is 0 Å². The number of halogens is 3. The van der Waals surface area contributed by atoms with Crippen LogP contribution >= 0.6 is 0 Å². The highest BCUT2D eigenvalue weighted by molar-refractivity contribution is 5.92. The van der Waals surface area contributed by atoms with E-state index in [-0.39, 0.29) is 6.04 Å². The molecule has 3 nitrogen and oxygen atoms in total. The molecule has 1 unspecified atom stereocenters. The number of anilines is 1. The lowest BCUT2D eigenvalue weighted by Gasteiger charge is -2.18. The topological polar surface area (TPSA) is 41.1 Å². The summed E-state index contributed by atoms with van der Waals surface area (Å²) in [5, 5.41) is 5.56. The lowest BCUT2D eigenvalue weighted by Crippen LogP contribution is -2.24. The van der Waals surface area contributed by atoms with Crippen LogP contribution in [0.25, 0.3) is 0 Å². The highest BCUT2D eigenvalue weighted by Crippen LogP contribution is 2.25. The molecule has 1 atom stereocenters. The maximum absolute atomic E-state index is 12.2. The van der Waals surface area contributed by atoms with E-state index in [1.54, 1.807) is 24.3 Å². The van der Waals surface area contributed by atoms with Crippen LogP contribution < -0.4 is 10.6 Å². The molecule has 0 saturated heterocycles. The number of para-hydroxylation sites is 1. The monoisotopic (exact) mass is 288 g/mol. The van der Waals surface area contributed by atoms with Crippen LogP contribution in [0.1, 0.15) is 38.3 Å². The molecule has 2 N–H and O–H groups in total. The molecule has 0 aliphatic heterocycles. The molecule has 20 heavy (non-hydrogen) atoms. The molecular weight excluding hydrogens is 269 g/mol. The van der Waals surface area contributed by atoms with Crippen LogP contribution in [-0.2, 0) is 4.79 Å². The van der Waals surface area contributed by atoms with E-state index in [2.05, 4.69) is 10.6 Å². The Labute approximate surface area is 116 Å². The van der Waals surface area contributed by atoms with Gasteiger partial charge in [-0.25, -0.2) is 0 Å². The lowest BCUT2D eigenvalue weighted by atomic mass is 10.1. The van der Waals surface area contributed by atoms with E-state index < -0.39 is 18.5 Å². The Kier molecular flexibility index (Phi) is 6.01. The third kappa shape index (κ3) is 5.61. The third-order valence-corrected chi connectivity index (χ3v) is 2.76. The number of alkyl halides is 3. The first-order valence-corrected chi connectivity index (χ1v) is 6.52. The first-order chi connectivity index (χ1) is 9.33. The summed E-state index contributed by atoms with van der Waals surface area (Å²) in [6, 6.07) is 6.82. The van der Waals surface area contributed by atoms with E-state index in [0.29, 0.717) is 5.69 Å². The summed E-state index contributed by atoms with van der Waals surface area (Å²) < 4.78 is 36.5. The van der Waals surface area contributed by atoms with Gasteiger partial charge in [-0.05, 0) is 31.5 Å². The molecule has 1 amide bonds. The Morgan fingerprint density at radius 1 is 1.30 bits per heavy atom. The zero-order valence-corrected chi connectivity index (χ0v) is 11.6. The number of hydrogen-bond donors (Lipinski definition) is 2. The Hall–Kier alpha value is -1.56. The van der Waals surface area contributed by atoms with Crippen molar-refractivity contribution in [3.8, 4) is 0 Å². The summed E-state index contributed by atoms with van der Waals surface area (Å²) >= 11 is 0. The molecule has 112 valence electrons. The van der Waals surface area contributed by atoms with Crippen molar-refractivity contribution in [1.29, 1.82) is 0 Å². The van der Waals surface area contributed by atoms with Crippen LogP contribution in [0.4, 0.5) is 18.9 Å². The fraction of sp³-hybridized carbons (Fsp3) is 0.500. The van der Waals surface area contributed by atoms with Gasteiger partial charge in [0.1, 0.15) is 6.42 Å². The van der Waals surface area contributed by atoms with Crippen molar-refractivity contribution in [1.82, 2.24) is 5.32 Å². The van der Waals surface area contributed by atoms with Crippen LogP contribution in [0, 0.1) is 0 Å². The molecule has 0 radical (unpaired) electrons. The van der Waals surface area contributed by atoms with Gasteiger partial charge in [0.2, 0.25) is 5.91 Å². The molecule has 0 aliphatic carbocycles. The molecule has 0 bridgehead atoms. The van der Waals surface area contributed by atoms with Crippen molar-refractivity contribution in [3.05, 3.63) is 29.8 Å². The minimum atomic E-state index is -4.49. The number of amides is 1. The van der Waals surface area contributed by atoms with E-state index in [9.17, 15) is 18.0 Å². The SMILES string of the molecule is CCCNC(C)c1ccccc1NC(=O)CC(F)(F)F. The fourth-order valence-electron chi connectivity index (χ4n) is 1.84. The zero-order valence-electron chi connectivity index (χ0n) is 11.6. The van der Waals surface area contributed by atoms with E-state index >= 15 is 0 Å². The number of benzene rings is 1. The zero-order chi connectivity index (χ0) is 15.2. The van der Waals surface area contributed by atoms with Gasteiger partial charge in [0, 0.05) is 11.7 Å².